The van der Waals surface area contributed by atoms with Crippen LogP contribution in [0.1, 0.15) is 5.56 Å². The second-order valence-electron chi connectivity index (χ2n) is 4.02. The smallest absolute Gasteiger partial charge is 0.200 e. The third kappa shape index (κ3) is 2.47. The predicted octanol–water partition coefficient (Wildman–Crippen LogP) is 2.09. The highest BCUT2D eigenvalue weighted by Gasteiger charge is 2.08. The molecule has 0 fully saturated rings. The van der Waals surface area contributed by atoms with E-state index in [0.717, 1.165) is 11.3 Å². The van der Waals surface area contributed by atoms with Crippen LogP contribution < -0.4 is 5.73 Å². The monoisotopic (exact) mass is 231 g/mol. The molecule has 0 aliphatic heterocycles. The maximum atomic E-state index is 5.85. The summed E-state index contributed by atoms with van der Waals surface area (Å²) in [5.74, 6) is 0.526. The van der Waals surface area contributed by atoms with Gasteiger partial charge in [0.15, 0.2) is 0 Å². The summed E-state index contributed by atoms with van der Waals surface area (Å²) >= 11 is 0. The maximum Gasteiger partial charge on any atom is 0.200 e. The molecule has 0 atom stereocenters. The van der Waals surface area contributed by atoms with Gasteiger partial charge in [0.25, 0.3) is 0 Å². The molecule has 1 heterocycles. The lowest BCUT2D eigenvalue weighted by Crippen LogP contribution is -2.09. The number of hydrogen-bond acceptors (Lipinski definition) is 3. The Morgan fingerprint density at radius 3 is 2.94 bits per heavy atom. The number of methoxy groups -OCH3 is 1. The topological polar surface area (TPSA) is 53.1 Å². The molecule has 2 N–H and O–H groups in total. The summed E-state index contributed by atoms with van der Waals surface area (Å²) in [4.78, 5) is 4.16. The highest BCUT2D eigenvalue weighted by atomic mass is 16.5. The second-order valence-corrected chi connectivity index (χ2v) is 4.02. The molecule has 0 bridgehead atoms. The Kier molecular flexibility index (Phi) is 3.44. The molecule has 0 aliphatic carbocycles. The molecule has 0 saturated carbocycles. The maximum absolute atomic E-state index is 5.85. The number of imidazole rings is 1. The second kappa shape index (κ2) is 5.01. The Hall–Kier alpha value is -1.81. The minimum absolute atomic E-state index is 0.526. The van der Waals surface area contributed by atoms with Gasteiger partial charge in [0.05, 0.1) is 18.5 Å². The summed E-state index contributed by atoms with van der Waals surface area (Å²) < 4.78 is 7.05. The number of nitrogen functional groups attached to an aromatic ring is 1. The average molecular weight is 231 g/mol. The fraction of sp³-hybridized carbons (Fsp3) is 0.308. The van der Waals surface area contributed by atoms with Gasteiger partial charge in [0.2, 0.25) is 5.95 Å². The van der Waals surface area contributed by atoms with Crippen molar-refractivity contribution in [1.29, 1.82) is 0 Å². The summed E-state index contributed by atoms with van der Waals surface area (Å²) in [6.07, 6.45) is 1.81. The van der Waals surface area contributed by atoms with Crippen LogP contribution in [0.4, 0.5) is 5.95 Å². The lowest BCUT2D eigenvalue weighted by atomic mass is 10.1. The first-order valence-electron chi connectivity index (χ1n) is 5.59. The van der Waals surface area contributed by atoms with Crippen molar-refractivity contribution in [2.75, 3.05) is 19.5 Å². The standard InChI is InChI=1S/C13H17N3O/c1-10-4-3-5-11(8-10)12-9-15-13(14)16(12)6-7-17-2/h3-5,8-9H,6-7H2,1-2H3,(H2,14,15). The summed E-state index contributed by atoms with van der Waals surface area (Å²) in [7, 11) is 1.68. The summed E-state index contributed by atoms with van der Waals surface area (Å²) in [5, 5.41) is 0. The van der Waals surface area contributed by atoms with Gasteiger partial charge < -0.3 is 15.0 Å². The van der Waals surface area contributed by atoms with Crippen LogP contribution >= 0.6 is 0 Å². The van der Waals surface area contributed by atoms with E-state index in [4.69, 9.17) is 10.5 Å². The first-order chi connectivity index (χ1) is 8.22. The minimum Gasteiger partial charge on any atom is -0.383 e. The first-order valence-corrected chi connectivity index (χ1v) is 5.59. The molecule has 1 aromatic carbocycles. The molecular formula is C13H17N3O. The van der Waals surface area contributed by atoms with E-state index in [0.29, 0.717) is 19.1 Å². The van der Waals surface area contributed by atoms with Gasteiger partial charge in [-0.2, -0.15) is 0 Å². The number of ether oxygens (including phenoxy) is 1. The molecule has 90 valence electrons. The fourth-order valence-corrected chi connectivity index (χ4v) is 1.84. The first kappa shape index (κ1) is 11.7. The van der Waals surface area contributed by atoms with Crippen LogP contribution in [-0.4, -0.2) is 23.3 Å². The summed E-state index contributed by atoms with van der Waals surface area (Å²) in [6.45, 7) is 3.41. The van der Waals surface area contributed by atoms with Gasteiger partial charge in [-0.3, -0.25) is 0 Å². The van der Waals surface area contributed by atoms with Crippen molar-refractivity contribution < 1.29 is 4.74 Å². The van der Waals surface area contributed by atoms with Gasteiger partial charge in [0.1, 0.15) is 0 Å². The van der Waals surface area contributed by atoms with Crippen LogP contribution in [0, 0.1) is 6.92 Å². The van der Waals surface area contributed by atoms with E-state index in [2.05, 4.69) is 30.1 Å². The highest BCUT2D eigenvalue weighted by Crippen LogP contribution is 2.22. The van der Waals surface area contributed by atoms with Gasteiger partial charge >= 0.3 is 0 Å². The van der Waals surface area contributed by atoms with Crippen LogP contribution in [0.5, 0.6) is 0 Å². The molecule has 0 saturated heterocycles. The van der Waals surface area contributed by atoms with E-state index in [1.54, 1.807) is 13.3 Å². The number of benzene rings is 1. The molecule has 17 heavy (non-hydrogen) atoms. The van der Waals surface area contributed by atoms with Crippen molar-refractivity contribution in [2.45, 2.75) is 13.5 Å². The van der Waals surface area contributed by atoms with Crippen molar-refractivity contribution in [3.05, 3.63) is 36.0 Å². The third-order valence-electron chi connectivity index (χ3n) is 2.72. The lowest BCUT2D eigenvalue weighted by Gasteiger charge is -2.09. The lowest BCUT2D eigenvalue weighted by molar-refractivity contribution is 0.188. The van der Waals surface area contributed by atoms with Gasteiger partial charge in [-0.05, 0) is 13.0 Å². The van der Waals surface area contributed by atoms with E-state index in [1.807, 2.05) is 10.6 Å². The molecule has 2 aromatic rings. The largest absolute Gasteiger partial charge is 0.383 e. The number of nitrogens with zero attached hydrogens (tertiary/aromatic N) is 2. The van der Waals surface area contributed by atoms with Crippen molar-refractivity contribution in [3.63, 3.8) is 0 Å². The Balaban J connectivity index is 2.38. The van der Waals surface area contributed by atoms with E-state index in [9.17, 15) is 0 Å². The van der Waals surface area contributed by atoms with Crippen LogP contribution in [-0.2, 0) is 11.3 Å². The van der Waals surface area contributed by atoms with E-state index >= 15 is 0 Å². The minimum atomic E-state index is 0.526. The Bertz CT molecular complexity index is 505. The number of aromatic nitrogens is 2. The zero-order valence-electron chi connectivity index (χ0n) is 10.2. The van der Waals surface area contributed by atoms with E-state index in [1.165, 1.54) is 5.56 Å². The zero-order valence-corrected chi connectivity index (χ0v) is 10.2. The molecule has 0 spiro atoms. The van der Waals surface area contributed by atoms with Crippen LogP contribution in [0.2, 0.25) is 0 Å². The predicted molar refractivity (Wildman–Crippen MR) is 68.7 cm³/mol. The summed E-state index contributed by atoms with van der Waals surface area (Å²) in [6, 6.07) is 8.30. The number of hydrogen-bond donors (Lipinski definition) is 1. The average Bonchev–Trinajstić information content (AvgIpc) is 2.68. The van der Waals surface area contributed by atoms with E-state index < -0.39 is 0 Å². The molecule has 1 aromatic heterocycles. The molecule has 0 radical (unpaired) electrons. The molecule has 0 unspecified atom stereocenters. The molecule has 0 amide bonds. The van der Waals surface area contributed by atoms with Gasteiger partial charge in [-0.1, -0.05) is 23.8 Å². The molecule has 4 nitrogen and oxygen atoms in total. The fourth-order valence-electron chi connectivity index (χ4n) is 1.84. The third-order valence-corrected chi connectivity index (χ3v) is 2.72. The normalized spacial score (nSPS) is 10.7. The quantitative estimate of drug-likeness (QED) is 0.876. The molecular weight excluding hydrogens is 214 g/mol. The van der Waals surface area contributed by atoms with Crippen molar-refractivity contribution in [3.8, 4) is 11.3 Å². The van der Waals surface area contributed by atoms with E-state index in [-0.39, 0.29) is 0 Å². The van der Waals surface area contributed by atoms with Crippen molar-refractivity contribution in [1.82, 2.24) is 9.55 Å². The molecule has 2 rings (SSSR count). The number of aryl methyl sites for hydroxylation is 1. The highest BCUT2D eigenvalue weighted by molar-refractivity contribution is 5.62. The van der Waals surface area contributed by atoms with Gasteiger partial charge in [0, 0.05) is 19.2 Å². The Labute approximate surface area is 101 Å². The van der Waals surface area contributed by atoms with Crippen LogP contribution in [0.25, 0.3) is 11.3 Å². The van der Waals surface area contributed by atoms with Crippen molar-refractivity contribution >= 4 is 5.95 Å². The number of rotatable bonds is 4. The van der Waals surface area contributed by atoms with Gasteiger partial charge in [-0.15, -0.1) is 0 Å². The number of nitrogens with two attached hydrogens (primary N) is 1. The number of anilines is 1. The Morgan fingerprint density at radius 1 is 1.41 bits per heavy atom. The van der Waals surface area contributed by atoms with Crippen molar-refractivity contribution in [2.24, 2.45) is 0 Å². The van der Waals surface area contributed by atoms with Gasteiger partial charge in [-0.25, -0.2) is 4.98 Å². The Morgan fingerprint density at radius 2 is 2.24 bits per heavy atom. The van der Waals surface area contributed by atoms with Crippen LogP contribution in [0.3, 0.4) is 0 Å². The zero-order chi connectivity index (χ0) is 12.3. The van der Waals surface area contributed by atoms with Crippen LogP contribution in [0.15, 0.2) is 30.5 Å². The molecule has 4 heteroatoms. The summed E-state index contributed by atoms with van der Waals surface area (Å²) in [5.41, 5.74) is 9.24. The SMILES string of the molecule is COCCn1c(-c2cccc(C)c2)cnc1N. The molecule has 0 aliphatic rings.